The lowest BCUT2D eigenvalue weighted by Gasteiger charge is -2.09. The molecule has 0 saturated heterocycles. The fraction of sp³-hybridized carbons (Fsp3) is 0.154. The van der Waals surface area contributed by atoms with E-state index in [0.29, 0.717) is 18.1 Å². The monoisotopic (exact) mass is 258 g/mol. The number of carbonyl (C=O) groups is 1. The third-order valence-electron chi connectivity index (χ3n) is 2.37. The first-order valence-electron chi connectivity index (χ1n) is 5.73. The summed E-state index contributed by atoms with van der Waals surface area (Å²) in [6, 6.07) is 8.63. The molecule has 19 heavy (non-hydrogen) atoms. The van der Waals surface area contributed by atoms with E-state index in [-0.39, 0.29) is 6.03 Å². The van der Waals surface area contributed by atoms with Gasteiger partial charge in [0, 0.05) is 12.4 Å². The number of ether oxygens (including phenoxy) is 1. The maximum Gasteiger partial charge on any atom is 0.319 e. The lowest BCUT2D eigenvalue weighted by molar-refractivity contribution is 0.251. The minimum atomic E-state index is -0.336. The molecule has 0 spiro atoms. The topological polar surface area (TPSA) is 76.1 Å². The van der Waals surface area contributed by atoms with Gasteiger partial charge in [0.05, 0.1) is 19.3 Å². The summed E-state index contributed by atoms with van der Waals surface area (Å²) in [4.78, 5) is 19.8. The van der Waals surface area contributed by atoms with Crippen LogP contribution in [-0.2, 0) is 6.54 Å². The molecule has 2 aromatic heterocycles. The molecule has 0 aliphatic rings. The standard InChI is InChI=1S/C13H14N4O2/c1-19-12-11(6-4-8-15-12)17-13(18)16-9-10-5-2-3-7-14-10/h2-8H,9H2,1H3,(H2,16,17,18). The lowest BCUT2D eigenvalue weighted by Crippen LogP contribution is -2.28. The summed E-state index contributed by atoms with van der Waals surface area (Å²) >= 11 is 0. The number of hydrogen-bond acceptors (Lipinski definition) is 4. The van der Waals surface area contributed by atoms with Gasteiger partial charge in [-0.2, -0.15) is 0 Å². The Morgan fingerprint density at radius 2 is 2.05 bits per heavy atom. The van der Waals surface area contributed by atoms with Gasteiger partial charge in [-0.25, -0.2) is 9.78 Å². The number of pyridine rings is 2. The van der Waals surface area contributed by atoms with Gasteiger partial charge in [-0.05, 0) is 24.3 Å². The Balaban J connectivity index is 1.91. The maximum absolute atomic E-state index is 11.7. The van der Waals surface area contributed by atoms with Gasteiger partial charge in [0.25, 0.3) is 0 Å². The van der Waals surface area contributed by atoms with Crippen molar-refractivity contribution in [3.05, 3.63) is 48.4 Å². The molecule has 2 amide bonds. The Kier molecular flexibility index (Phi) is 4.28. The van der Waals surface area contributed by atoms with E-state index in [0.717, 1.165) is 5.69 Å². The fourth-order valence-electron chi connectivity index (χ4n) is 1.49. The van der Waals surface area contributed by atoms with Crippen LogP contribution in [0.5, 0.6) is 5.88 Å². The van der Waals surface area contributed by atoms with Crippen molar-refractivity contribution in [1.29, 1.82) is 0 Å². The molecule has 0 unspecified atom stereocenters. The SMILES string of the molecule is COc1ncccc1NC(=O)NCc1ccccn1. The number of rotatable bonds is 4. The lowest BCUT2D eigenvalue weighted by atomic mass is 10.3. The Bertz CT molecular complexity index is 545. The first kappa shape index (κ1) is 12.8. The van der Waals surface area contributed by atoms with Gasteiger partial charge < -0.3 is 15.4 Å². The van der Waals surface area contributed by atoms with Gasteiger partial charge in [0.15, 0.2) is 0 Å². The summed E-state index contributed by atoms with van der Waals surface area (Å²) in [5.41, 5.74) is 1.30. The van der Waals surface area contributed by atoms with Crippen LogP contribution in [0.1, 0.15) is 5.69 Å². The highest BCUT2D eigenvalue weighted by Gasteiger charge is 2.07. The number of urea groups is 1. The summed E-state index contributed by atoms with van der Waals surface area (Å²) in [6.45, 7) is 0.356. The molecule has 2 rings (SSSR count). The number of nitrogens with one attached hydrogen (secondary N) is 2. The Labute approximate surface area is 110 Å². The number of nitrogens with zero attached hydrogens (tertiary/aromatic N) is 2. The van der Waals surface area contributed by atoms with Crippen LogP contribution in [0.25, 0.3) is 0 Å². The molecule has 0 bridgehead atoms. The molecule has 2 N–H and O–H groups in total. The first-order chi connectivity index (χ1) is 9.29. The third kappa shape index (κ3) is 3.67. The Hall–Kier alpha value is -2.63. The van der Waals surface area contributed by atoms with E-state index in [1.807, 2.05) is 18.2 Å². The van der Waals surface area contributed by atoms with Crippen molar-refractivity contribution in [2.75, 3.05) is 12.4 Å². The Morgan fingerprint density at radius 3 is 2.79 bits per heavy atom. The predicted molar refractivity (Wildman–Crippen MR) is 70.9 cm³/mol. The average Bonchev–Trinajstić information content (AvgIpc) is 2.47. The molecule has 2 aromatic rings. The number of carbonyl (C=O) groups excluding carboxylic acids is 1. The molecule has 6 nitrogen and oxygen atoms in total. The van der Waals surface area contributed by atoms with Gasteiger partial charge in [0.2, 0.25) is 5.88 Å². The van der Waals surface area contributed by atoms with Gasteiger partial charge in [-0.3, -0.25) is 4.98 Å². The second kappa shape index (κ2) is 6.34. The zero-order valence-electron chi connectivity index (χ0n) is 10.5. The van der Waals surface area contributed by atoms with Crippen LogP contribution >= 0.6 is 0 Å². The summed E-state index contributed by atoms with van der Waals surface area (Å²) < 4.78 is 5.04. The zero-order valence-corrected chi connectivity index (χ0v) is 10.5. The molecular weight excluding hydrogens is 244 g/mol. The van der Waals surface area contributed by atoms with E-state index in [1.54, 1.807) is 24.5 Å². The van der Waals surface area contributed by atoms with Gasteiger partial charge in [-0.1, -0.05) is 6.07 Å². The summed E-state index contributed by atoms with van der Waals surface area (Å²) in [6.07, 6.45) is 3.27. The van der Waals surface area contributed by atoms with Crippen LogP contribution in [0.3, 0.4) is 0 Å². The largest absolute Gasteiger partial charge is 0.480 e. The second-order valence-electron chi connectivity index (χ2n) is 3.69. The number of amides is 2. The van der Waals surface area contributed by atoms with Crippen molar-refractivity contribution in [2.45, 2.75) is 6.54 Å². The van der Waals surface area contributed by atoms with Gasteiger partial charge in [0.1, 0.15) is 5.69 Å². The van der Waals surface area contributed by atoms with E-state index in [2.05, 4.69) is 20.6 Å². The fourth-order valence-corrected chi connectivity index (χ4v) is 1.49. The second-order valence-corrected chi connectivity index (χ2v) is 3.69. The van der Waals surface area contributed by atoms with E-state index < -0.39 is 0 Å². The molecule has 0 aromatic carbocycles. The number of methoxy groups -OCH3 is 1. The van der Waals surface area contributed by atoms with Crippen molar-refractivity contribution in [1.82, 2.24) is 15.3 Å². The highest BCUT2D eigenvalue weighted by Crippen LogP contribution is 2.19. The molecule has 0 aliphatic carbocycles. The normalized spacial score (nSPS) is 9.74. The van der Waals surface area contributed by atoms with Crippen molar-refractivity contribution >= 4 is 11.7 Å². The molecule has 0 radical (unpaired) electrons. The summed E-state index contributed by atoms with van der Waals surface area (Å²) in [5, 5.41) is 5.37. The van der Waals surface area contributed by atoms with E-state index in [4.69, 9.17) is 4.74 Å². The minimum Gasteiger partial charge on any atom is -0.480 e. The molecule has 0 fully saturated rings. The van der Waals surface area contributed by atoms with Crippen molar-refractivity contribution < 1.29 is 9.53 Å². The molecule has 98 valence electrons. The van der Waals surface area contributed by atoms with Crippen LogP contribution in [-0.4, -0.2) is 23.1 Å². The van der Waals surface area contributed by atoms with Crippen molar-refractivity contribution in [3.63, 3.8) is 0 Å². The van der Waals surface area contributed by atoms with E-state index >= 15 is 0 Å². The molecule has 2 heterocycles. The van der Waals surface area contributed by atoms with Crippen LogP contribution in [0.15, 0.2) is 42.7 Å². The quantitative estimate of drug-likeness (QED) is 0.876. The number of hydrogen-bond donors (Lipinski definition) is 2. The van der Waals surface area contributed by atoms with Crippen LogP contribution < -0.4 is 15.4 Å². The van der Waals surface area contributed by atoms with Gasteiger partial charge >= 0.3 is 6.03 Å². The Morgan fingerprint density at radius 1 is 1.21 bits per heavy atom. The van der Waals surface area contributed by atoms with Crippen LogP contribution in [0.4, 0.5) is 10.5 Å². The number of anilines is 1. The zero-order chi connectivity index (χ0) is 13.5. The number of aromatic nitrogens is 2. The van der Waals surface area contributed by atoms with Crippen molar-refractivity contribution in [2.24, 2.45) is 0 Å². The van der Waals surface area contributed by atoms with Crippen LogP contribution in [0, 0.1) is 0 Å². The maximum atomic E-state index is 11.7. The molecule has 6 heteroatoms. The molecule has 0 atom stereocenters. The van der Waals surface area contributed by atoms with Crippen LogP contribution in [0.2, 0.25) is 0 Å². The smallest absolute Gasteiger partial charge is 0.319 e. The third-order valence-corrected chi connectivity index (χ3v) is 2.37. The predicted octanol–water partition coefficient (Wildman–Crippen LogP) is 1.81. The van der Waals surface area contributed by atoms with E-state index in [9.17, 15) is 4.79 Å². The summed E-state index contributed by atoms with van der Waals surface area (Å²) in [5.74, 6) is 0.371. The van der Waals surface area contributed by atoms with Gasteiger partial charge in [-0.15, -0.1) is 0 Å². The molecule has 0 aliphatic heterocycles. The first-order valence-corrected chi connectivity index (χ1v) is 5.73. The minimum absolute atomic E-state index is 0.336. The summed E-state index contributed by atoms with van der Waals surface area (Å²) in [7, 11) is 1.50. The molecular formula is C13H14N4O2. The highest BCUT2D eigenvalue weighted by molar-refractivity contribution is 5.90. The highest BCUT2D eigenvalue weighted by atomic mass is 16.5. The van der Waals surface area contributed by atoms with Crippen molar-refractivity contribution in [3.8, 4) is 5.88 Å². The molecule has 0 saturated carbocycles. The average molecular weight is 258 g/mol. The van der Waals surface area contributed by atoms with E-state index in [1.165, 1.54) is 7.11 Å².